The van der Waals surface area contributed by atoms with Crippen molar-refractivity contribution in [1.29, 1.82) is 0 Å². The van der Waals surface area contributed by atoms with Gasteiger partial charge in [0, 0.05) is 30.2 Å². The number of hydrogen-bond acceptors (Lipinski definition) is 3. The minimum Gasteiger partial charge on any atom is -0.373 e. The Kier molecular flexibility index (Phi) is 7.78. The summed E-state index contributed by atoms with van der Waals surface area (Å²) in [6.45, 7) is 11.0. The number of nitrogens with one attached hydrogen (secondary N) is 1. The Balaban J connectivity index is 2.41. The molecule has 2 heterocycles. The van der Waals surface area contributed by atoms with Crippen molar-refractivity contribution in [3.63, 3.8) is 0 Å². The van der Waals surface area contributed by atoms with Crippen LogP contribution in [0.25, 0.3) is 16.3 Å². The second kappa shape index (κ2) is 10.1. The first-order chi connectivity index (χ1) is 13.0. The van der Waals surface area contributed by atoms with E-state index in [-0.39, 0.29) is 0 Å². The molecule has 0 unspecified atom stereocenters. The second-order valence-corrected chi connectivity index (χ2v) is 7.03. The quantitative estimate of drug-likeness (QED) is 0.516. The van der Waals surface area contributed by atoms with E-state index in [1.807, 2.05) is 25.5 Å². The van der Waals surface area contributed by atoms with Crippen LogP contribution in [0.5, 0.6) is 0 Å². The van der Waals surface area contributed by atoms with Crippen LogP contribution in [-0.4, -0.2) is 17.0 Å². The zero-order valence-electron chi connectivity index (χ0n) is 17.7. The summed E-state index contributed by atoms with van der Waals surface area (Å²) >= 11 is 0. The van der Waals surface area contributed by atoms with Gasteiger partial charge >= 0.3 is 0 Å². The molecule has 3 heteroatoms. The van der Waals surface area contributed by atoms with Crippen LogP contribution in [-0.2, 0) is 0 Å². The summed E-state index contributed by atoms with van der Waals surface area (Å²) in [7, 11) is 1.88. The topological polar surface area (TPSA) is 37.8 Å². The Morgan fingerprint density at radius 1 is 1.07 bits per heavy atom. The third kappa shape index (κ3) is 5.29. The summed E-state index contributed by atoms with van der Waals surface area (Å²) in [5.41, 5.74) is 6.41. The summed E-state index contributed by atoms with van der Waals surface area (Å²) < 4.78 is 0. The largest absolute Gasteiger partial charge is 0.373 e. The Morgan fingerprint density at radius 3 is 2.41 bits per heavy atom. The highest BCUT2D eigenvalue weighted by atomic mass is 14.9. The Labute approximate surface area is 164 Å². The van der Waals surface area contributed by atoms with Crippen molar-refractivity contribution >= 4 is 22.2 Å². The normalized spacial score (nSPS) is 13.7. The lowest BCUT2D eigenvalue weighted by Gasteiger charge is -2.12. The fraction of sp³-hybridized carbons (Fsp3) is 0.417. The van der Waals surface area contributed by atoms with Crippen molar-refractivity contribution in [2.24, 2.45) is 0 Å². The van der Waals surface area contributed by atoms with Gasteiger partial charge in [-0.25, -0.2) is 4.98 Å². The van der Waals surface area contributed by atoms with Gasteiger partial charge in [0.15, 0.2) is 0 Å². The van der Waals surface area contributed by atoms with Gasteiger partial charge in [-0.15, -0.1) is 0 Å². The van der Waals surface area contributed by atoms with Crippen LogP contribution >= 0.6 is 0 Å². The number of fused-ring (bicyclic) bond motifs is 1. The lowest BCUT2D eigenvalue weighted by molar-refractivity contribution is 0.787. The molecule has 0 aliphatic rings. The maximum Gasteiger partial charge on any atom is 0.126 e. The molecule has 0 atom stereocenters. The van der Waals surface area contributed by atoms with Gasteiger partial charge in [-0.1, -0.05) is 38.0 Å². The fourth-order valence-corrected chi connectivity index (χ4v) is 3.24. The van der Waals surface area contributed by atoms with Gasteiger partial charge in [0.25, 0.3) is 0 Å². The third-order valence-electron chi connectivity index (χ3n) is 5.12. The molecule has 0 aromatic carbocycles. The molecule has 0 fully saturated rings. The van der Waals surface area contributed by atoms with Gasteiger partial charge in [-0.3, -0.25) is 4.98 Å². The molecule has 3 nitrogen and oxygen atoms in total. The van der Waals surface area contributed by atoms with Gasteiger partial charge < -0.3 is 5.32 Å². The van der Waals surface area contributed by atoms with E-state index in [0.717, 1.165) is 35.1 Å². The van der Waals surface area contributed by atoms with E-state index in [0.29, 0.717) is 0 Å². The van der Waals surface area contributed by atoms with E-state index < -0.39 is 0 Å². The van der Waals surface area contributed by atoms with E-state index in [1.165, 1.54) is 35.1 Å². The number of anilines is 1. The van der Waals surface area contributed by atoms with Crippen LogP contribution in [0.15, 0.2) is 53.4 Å². The lowest BCUT2D eigenvalue weighted by Crippen LogP contribution is -1.95. The molecular weight excluding hydrogens is 330 g/mol. The fourth-order valence-electron chi connectivity index (χ4n) is 3.24. The Bertz CT molecular complexity index is 872. The molecule has 0 radical (unpaired) electrons. The van der Waals surface area contributed by atoms with Crippen molar-refractivity contribution in [3.8, 4) is 0 Å². The monoisotopic (exact) mass is 363 g/mol. The molecule has 2 aromatic heterocycles. The minimum absolute atomic E-state index is 0.861. The number of rotatable bonds is 8. The van der Waals surface area contributed by atoms with Gasteiger partial charge in [-0.2, -0.15) is 0 Å². The molecule has 0 saturated carbocycles. The third-order valence-corrected chi connectivity index (χ3v) is 5.12. The molecule has 2 aromatic rings. The molecule has 0 aliphatic carbocycles. The predicted octanol–water partition coefficient (Wildman–Crippen LogP) is 6.94. The van der Waals surface area contributed by atoms with Gasteiger partial charge in [0.2, 0.25) is 0 Å². The van der Waals surface area contributed by atoms with E-state index >= 15 is 0 Å². The highest BCUT2D eigenvalue weighted by molar-refractivity contribution is 5.88. The van der Waals surface area contributed by atoms with Gasteiger partial charge in [-0.05, 0) is 68.9 Å². The average molecular weight is 364 g/mol. The maximum atomic E-state index is 4.73. The highest BCUT2D eigenvalue weighted by Gasteiger charge is 2.09. The smallest absolute Gasteiger partial charge is 0.126 e. The van der Waals surface area contributed by atoms with Crippen molar-refractivity contribution in [2.45, 2.75) is 60.3 Å². The summed E-state index contributed by atoms with van der Waals surface area (Å²) in [5, 5.41) is 5.28. The number of hydrogen-bond donors (Lipinski definition) is 1. The van der Waals surface area contributed by atoms with Crippen molar-refractivity contribution < 1.29 is 0 Å². The summed E-state index contributed by atoms with van der Waals surface area (Å²) in [6, 6.07) is 4.16. The lowest BCUT2D eigenvalue weighted by atomic mass is 9.95. The predicted molar refractivity (Wildman–Crippen MR) is 119 cm³/mol. The highest BCUT2D eigenvalue weighted by Crippen LogP contribution is 2.27. The summed E-state index contributed by atoms with van der Waals surface area (Å²) in [4.78, 5) is 9.16. The molecule has 0 saturated heterocycles. The average Bonchev–Trinajstić information content (AvgIpc) is 2.70. The van der Waals surface area contributed by atoms with E-state index in [4.69, 9.17) is 4.98 Å². The van der Waals surface area contributed by atoms with Gasteiger partial charge in [0.05, 0.1) is 5.69 Å². The van der Waals surface area contributed by atoms with Crippen LogP contribution in [0.1, 0.15) is 66.0 Å². The molecule has 1 N–H and O–H groups in total. The van der Waals surface area contributed by atoms with Crippen molar-refractivity contribution in [1.82, 2.24) is 9.97 Å². The van der Waals surface area contributed by atoms with Crippen LogP contribution in [0.3, 0.4) is 0 Å². The van der Waals surface area contributed by atoms with Crippen LogP contribution < -0.4 is 5.32 Å². The zero-order chi connectivity index (χ0) is 19.8. The first kappa shape index (κ1) is 20.9. The number of pyridine rings is 2. The first-order valence-corrected chi connectivity index (χ1v) is 10.0. The van der Waals surface area contributed by atoms with Crippen LogP contribution in [0, 0.1) is 0 Å². The molecule has 0 amide bonds. The summed E-state index contributed by atoms with van der Waals surface area (Å²) in [6.07, 6.45) is 13.1. The molecule has 2 rings (SSSR count). The number of nitrogens with zero attached hydrogens (tertiary/aromatic N) is 2. The summed E-state index contributed by atoms with van der Waals surface area (Å²) in [5.74, 6) is 0.861. The number of aromatic nitrogens is 2. The van der Waals surface area contributed by atoms with E-state index in [2.05, 4.69) is 63.1 Å². The number of unbranched alkanes of at least 4 members (excludes halogenated alkanes) is 1. The molecule has 144 valence electrons. The SMILES string of the molecule is C\C=C(/C(C)=C\C(CCCC)=C(/C)CC)c1cc2cnc(NC)cc2cn1. The van der Waals surface area contributed by atoms with E-state index in [9.17, 15) is 0 Å². The standard InChI is InChI=1S/C24H33N3/c1-7-10-11-19(17(4)8-2)12-18(5)22(9-3)23-13-20-16-27-24(25-6)14-21(20)15-26-23/h9,12-16H,7-8,10-11H2,1-6H3,(H,25,27)/b18-12-,19-17+,22-9+. The minimum atomic E-state index is 0.861. The molecule has 0 bridgehead atoms. The molecule has 27 heavy (non-hydrogen) atoms. The van der Waals surface area contributed by atoms with Crippen molar-refractivity contribution in [2.75, 3.05) is 12.4 Å². The molecule has 0 aliphatic heterocycles. The number of allylic oxidation sites excluding steroid dienone is 6. The Morgan fingerprint density at radius 2 is 1.78 bits per heavy atom. The zero-order valence-corrected chi connectivity index (χ0v) is 17.7. The van der Waals surface area contributed by atoms with Gasteiger partial charge in [0.1, 0.15) is 5.82 Å². The first-order valence-electron chi connectivity index (χ1n) is 10.0. The molecular formula is C24H33N3. The van der Waals surface area contributed by atoms with Crippen molar-refractivity contribution in [3.05, 3.63) is 59.1 Å². The molecule has 0 spiro atoms. The van der Waals surface area contributed by atoms with Crippen LogP contribution in [0.2, 0.25) is 0 Å². The Hall–Kier alpha value is -2.42. The second-order valence-electron chi connectivity index (χ2n) is 7.03. The van der Waals surface area contributed by atoms with Crippen LogP contribution in [0.4, 0.5) is 5.82 Å². The maximum absolute atomic E-state index is 4.73. The van der Waals surface area contributed by atoms with E-state index in [1.54, 1.807) is 0 Å².